The first-order valence-electron chi connectivity index (χ1n) is 11.6. The van der Waals surface area contributed by atoms with Gasteiger partial charge < -0.3 is 15.4 Å². The number of carbonyl (C=O) groups is 1. The summed E-state index contributed by atoms with van der Waals surface area (Å²) in [5, 5.41) is 12.4. The van der Waals surface area contributed by atoms with Crippen LogP contribution in [0.3, 0.4) is 0 Å². The molecule has 4 nitrogen and oxygen atoms in total. The molecule has 3 N–H and O–H groups in total. The van der Waals surface area contributed by atoms with Gasteiger partial charge in [-0.2, -0.15) is 0 Å². The maximum Gasteiger partial charge on any atom is 0.249 e. The maximum absolute atomic E-state index is 12.3. The van der Waals surface area contributed by atoms with E-state index in [9.17, 15) is 9.90 Å². The van der Waals surface area contributed by atoms with Gasteiger partial charge >= 0.3 is 0 Å². The van der Waals surface area contributed by atoms with Crippen LogP contribution in [0.1, 0.15) is 52.4 Å². The van der Waals surface area contributed by atoms with Gasteiger partial charge in [-0.3, -0.25) is 4.79 Å². The number of rotatable bonds is 6. The lowest BCUT2D eigenvalue weighted by Crippen LogP contribution is -2.11. The fourth-order valence-electron chi connectivity index (χ4n) is 4.82. The number of primary amides is 1. The van der Waals surface area contributed by atoms with Crippen LogP contribution in [0.4, 0.5) is 0 Å². The highest BCUT2D eigenvalue weighted by Gasteiger charge is 2.20. The van der Waals surface area contributed by atoms with Crippen molar-refractivity contribution >= 4 is 27.7 Å². The molecule has 0 spiro atoms. The van der Waals surface area contributed by atoms with Gasteiger partial charge in [0.25, 0.3) is 0 Å². The van der Waals surface area contributed by atoms with E-state index in [1.54, 1.807) is 12.1 Å². The van der Waals surface area contributed by atoms with Gasteiger partial charge in [0.1, 0.15) is 5.75 Å². The number of benzene rings is 4. The number of nitrogens with two attached hydrogens (primary N) is 1. The number of aromatic hydroxyl groups is 1. The van der Waals surface area contributed by atoms with E-state index in [0.29, 0.717) is 22.9 Å². The Kier molecular flexibility index (Phi) is 5.58. The van der Waals surface area contributed by atoms with E-state index in [4.69, 9.17) is 5.73 Å². The number of phenols is 1. The molecule has 170 valence electrons. The minimum absolute atomic E-state index is 0.177. The van der Waals surface area contributed by atoms with E-state index in [1.165, 1.54) is 11.1 Å². The third-order valence-corrected chi connectivity index (χ3v) is 6.51. The molecule has 1 heterocycles. The molecule has 0 radical (unpaired) electrons. The van der Waals surface area contributed by atoms with Crippen molar-refractivity contribution in [1.82, 2.24) is 4.57 Å². The number of hydrogen-bond acceptors (Lipinski definition) is 2. The summed E-state index contributed by atoms with van der Waals surface area (Å²) in [5.41, 5.74) is 12.7. The smallest absolute Gasteiger partial charge is 0.249 e. The minimum Gasteiger partial charge on any atom is -0.507 e. The molecule has 0 aliphatic rings. The molecule has 5 aromatic rings. The van der Waals surface area contributed by atoms with Crippen molar-refractivity contribution in [2.45, 2.75) is 32.7 Å². The molecule has 1 aromatic heterocycles. The normalized spacial score (nSPS) is 11.5. The van der Waals surface area contributed by atoms with Crippen molar-refractivity contribution in [2.24, 2.45) is 5.73 Å². The molecule has 0 aliphatic carbocycles. The molecule has 0 aliphatic heterocycles. The summed E-state index contributed by atoms with van der Waals surface area (Å²) in [4.78, 5) is 12.3. The first-order chi connectivity index (χ1) is 16.4. The monoisotopic (exact) mass is 448 g/mol. The van der Waals surface area contributed by atoms with Crippen molar-refractivity contribution < 1.29 is 9.90 Å². The average Bonchev–Trinajstić information content (AvgIpc) is 3.14. The molecular weight excluding hydrogens is 420 g/mol. The van der Waals surface area contributed by atoms with Crippen LogP contribution in [0.2, 0.25) is 0 Å². The number of amides is 1. The van der Waals surface area contributed by atoms with Crippen molar-refractivity contribution in [2.75, 3.05) is 0 Å². The van der Waals surface area contributed by atoms with Crippen LogP contribution in [0.5, 0.6) is 5.75 Å². The summed E-state index contributed by atoms with van der Waals surface area (Å²) >= 11 is 0. The van der Waals surface area contributed by atoms with E-state index in [-0.39, 0.29) is 11.7 Å². The zero-order valence-electron chi connectivity index (χ0n) is 19.5. The zero-order chi connectivity index (χ0) is 23.8. The lowest BCUT2D eigenvalue weighted by molar-refractivity contribution is 0.100. The maximum atomic E-state index is 12.3. The minimum atomic E-state index is -0.498. The average molecular weight is 449 g/mol. The third-order valence-electron chi connectivity index (χ3n) is 6.51. The summed E-state index contributed by atoms with van der Waals surface area (Å²) in [6, 6.07) is 28.5. The molecule has 0 fully saturated rings. The molecule has 5 rings (SSSR count). The van der Waals surface area contributed by atoms with Crippen molar-refractivity contribution in [1.29, 1.82) is 0 Å². The first-order valence-corrected chi connectivity index (χ1v) is 11.6. The molecule has 0 atom stereocenters. The molecule has 0 saturated carbocycles. The Bertz CT molecular complexity index is 1510. The Labute approximate surface area is 199 Å². The molecule has 4 aromatic carbocycles. The number of carbonyl (C=O) groups excluding carboxylic acids is 1. The topological polar surface area (TPSA) is 68.2 Å². The largest absolute Gasteiger partial charge is 0.507 e. The summed E-state index contributed by atoms with van der Waals surface area (Å²) in [6.07, 6.45) is 0.867. The van der Waals surface area contributed by atoms with Gasteiger partial charge in [0, 0.05) is 17.5 Å². The molecular formula is C30H28N2O2. The summed E-state index contributed by atoms with van der Waals surface area (Å²) in [5.74, 6) is -0.0649. The lowest BCUT2D eigenvalue weighted by Gasteiger charge is -2.12. The standard InChI is InChI=1S/C30H28N2O2/c1-19(2)23-16-26-29(27(33)17-23)28-24(30(31)34)12-7-13-25(28)32(26)18-22-11-6-10-21(15-22)14-20-8-4-3-5-9-20/h3-13,15-17,19,33H,14,18H2,1-2H3,(H2,31,34). The van der Waals surface area contributed by atoms with Gasteiger partial charge in [-0.15, -0.1) is 0 Å². The number of aromatic nitrogens is 1. The Hall–Kier alpha value is -4.05. The van der Waals surface area contributed by atoms with Crippen LogP contribution in [-0.4, -0.2) is 15.6 Å². The Morgan fingerprint density at radius 1 is 0.824 bits per heavy atom. The molecule has 34 heavy (non-hydrogen) atoms. The van der Waals surface area contributed by atoms with Crippen LogP contribution in [0.15, 0.2) is 84.9 Å². The van der Waals surface area contributed by atoms with Gasteiger partial charge in [0.15, 0.2) is 0 Å². The predicted octanol–water partition coefficient (Wildman–Crippen LogP) is 6.36. The Morgan fingerprint density at radius 2 is 1.53 bits per heavy atom. The van der Waals surface area contributed by atoms with Crippen LogP contribution in [0, 0.1) is 0 Å². The molecule has 0 saturated heterocycles. The van der Waals surface area contributed by atoms with Crippen molar-refractivity contribution in [3.63, 3.8) is 0 Å². The van der Waals surface area contributed by atoms with E-state index in [2.05, 4.69) is 73.0 Å². The zero-order valence-corrected chi connectivity index (χ0v) is 19.5. The highest BCUT2D eigenvalue weighted by molar-refractivity contribution is 6.19. The quantitative estimate of drug-likeness (QED) is 0.317. The number of nitrogens with zero attached hydrogens (tertiary/aromatic N) is 1. The van der Waals surface area contributed by atoms with Gasteiger partial charge in [-0.1, -0.05) is 74.5 Å². The molecule has 1 amide bonds. The van der Waals surface area contributed by atoms with Gasteiger partial charge in [0.05, 0.1) is 16.4 Å². The van der Waals surface area contributed by atoms with E-state index in [0.717, 1.165) is 28.6 Å². The van der Waals surface area contributed by atoms with Crippen LogP contribution >= 0.6 is 0 Å². The molecule has 4 heteroatoms. The molecule has 0 bridgehead atoms. The van der Waals surface area contributed by atoms with E-state index < -0.39 is 5.91 Å². The number of hydrogen-bond donors (Lipinski definition) is 2. The predicted molar refractivity (Wildman–Crippen MR) is 139 cm³/mol. The second-order valence-corrected chi connectivity index (χ2v) is 9.22. The summed E-state index contributed by atoms with van der Waals surface area (Å²) < 4.78 is 2.18. The number of phenolic OH excluding ortho intramolecular Hbond substituents is 1. The van der Waals surface area contributed by atoms with Crippen LogP contribution < -0.4 is 5.73 Å². The van der Waals surface area contributed by atoms with Gasteiger partial charge in [0.2, 0.25) is 5.91 Å². The first kappa shape index (κ1) is 21.8. The van der Waals surface area contributed by atoms with Gasteiger partial charge in [-0.05, 0) is 58.9 Å². The highest BCUT2D eigenvalue weighted by atomic mass is 16.3. The Morgan fingerprint density at radius 3 is 2.26 bits per heavy atom. The van der Waals surface area contributed by atoms with Crippen LogP contribution in [0.25, 0.3) is 21.8 Å². The third kappa shape index (κ3) is 3.92. The van der Waals surface area contributed by atoms with Crippen LogP contribution in [-0.2, 0) is 13.0 Å². The fraction of sp³-hybridized carbons (Fsp3) is 0.167. The Balaban J connectivity index is 1.68. The highest BCUT2D eigenvalue weighted by Crippen LogP contribution is 2.39. The summed E-state index contributed by atoms with van der Waals surface area (Å²) in [6.45, 7) is 4.83. The summed E-state index contributed by atoms with van der Waals surface area (Å²) in [7, 11) is 0. The number of fused-ring (bicyclic) bond motifs is 3. The SMILES string of the molecule is CC(C)c1cc(O)c2c3c(C(N)=O)cccc3n(Cc3cccc(Cc4ccccc4)c3)c2c1. The van der Waals surface area contributed by atoms with E-state index >= 15 is 0 Å². The lowest BCUT2D eigenvalue weighted by atomic mass is 9.99. The molecule has 0 unspecified atom stereocenters. The van der Waals surface area contributed by atoms with Gasteiger partial charge in [-0.25, -0.2) is 0 Å². The van der Waals surface area contributed by atoms with Crippen molar-refractivity contribution in [3.05, 3.63) is 113 Å². The fourth-order valence-corrected chi connectivity index (χ4v) is 4.82. The van der Waals surface area contributed by atoms with Crippen molar-refractivity contribution in [3.8, 4) is 5.75 Å². The second-order valence-electron chi connectivity index (χ2n) is 9.22. The second kappa shape index (κ2) is 8.71. The van der Waals surface area contributed by atoms with E-state index in [1.807, 2.05) is 18.2 Å².